The molecular weight excluding hydrogens is 401 g/mol. The highest BCUT2D eigenvalue weighted by atomic mass is 19.1. The van der Waals surface area contributed by atoms with E-state index in [-0.39, 0.29) is 30.5 Å². The van der Waals surface area contributed by atoms with Crippen LogP contribution in [0.25, 0.3) is 0 Å². The van der Waals surface area contributed by atoms with Crippen LogP contribution in [-0.4, -0.2) is 42.2 Å². The van der Waals surface area contributed by atoms with Crippen LogP contribution < -0.4 is 10.5 Å². The Labute approximate surface area is 179 Å². The third kappa shape index (κ3) is 2.70. The van der Waals surface area contributed by atoms with Gasteiger partial charge < -0.3 is 19.9 Å². The van der Waals surface area contributed by atoms with Crippen LogP contribution in [0.15, 0.2) is 35.5 Å². The number of aliphatic imine (C=N–C) groups is 1. The lowest BCUT2D eigenvalue weighted by Crippen LogP contribution is -2.71. The van der Waals surface area contributed by atoms with Crippen molar-refractivity contribution in [1.29, 1.82) is 0 Å². The van der Waals surface area contributed by atoms with E-state index in [1.807, 2.05) is 32.0 Å². The zero-order chi connectivity index (χ0) is 22.0. The molecule has 0 radical (unpaired) electrons. The predicted molar refractivity (Wildman–Crippen MR) is 111 cm³/mol. The van der Waals surface area contributed by atoms with Gasteiger partial charge in [-0.05, 0) is 50.1 Å². The molecular formula is C23H24FN3O4. The van der Waals surface area contributed by atoms with E-state index < -0.39 is 22.4 Å². The van der Waals surface area contributed by atoms with Crippen LogP contribution in [0.4, 0.5) is 4.39 Å². The van der Waals surface area contributed by atoms with E-state index >= 15 is 0 Å². The second-order valence-corrected chi connectivity index (χ2v) is 9.04. The molecule has 0 saturated carbocycles. The van der Waals surface area contributed by atoms with Crippen molar-refractivity contribution in [3.8, 4) is 5.75 Å². The standard InChI is InChI=1S/C23H24FN3O4/c1-13-6-15(24)9-26-19(13)17(28)8-14-4-5-18-16(7-14)23(12-30-20(25)27-23)22(10-29-11-22)21(2,3)31-18/h4-7,9H,8,10-12H2,1-3H3,(H2,25,27). The Kier molecular flexibility index (Phi) is 4.18. The summed E-state index contributed by atoms with van der Waals surface area (Å²) in [6.45, 7) is 6.98. The number of fused-ring (bicyclic) bond motifs is 3. The number of pyridine rings is 1. The van der Waals surface area contributed by atoms with Gasteiger partial charge in [-0.3, -0.25) is 4.79 Å². The summed E-state index contributed by atoms with van der Waals surface area (Å²) in [6, 6.07) is 7.11. The number of nitrogens with two attached hydrogens (primary N) is 1. The molecule has 2 spiro atoms. The summed E-state index contributed by atoms with van der Waals surface area (Å²) in [7, 11) is 0. The van der Waals surface area contributed by atoms with Crippen LogP contribution in [0.5, 0.6) is 5.75 Å². The van der Waals surface area contributed by atoms with E-state index in [2.05, 4.69) is 4.98 Å². The molecule has 1 atom stereocenters. The van der Waals surface area contributed by atoms with Gasteiger partial charge in [-0.2, -0.15) is 0 Å². The van der Waals surface area contributed by atoms with E-state index in [4.69, 9.17) is 24.9 Å². The molecule has 0 amide bonds. The minimum Gasteiger partial charge on any atom is -0.487 e. The predicted octanol–water partition coefficient (Wildman–Crippen LogP) is 2.68. The number of aryl methyl sites for hydroxylation is 1. The number of ether oxygens (including phenoxy) is 3. The Morgan fingerprint density at radius 2 is 2.00 bits per heavy atom. The maximum atomic E-state index is 13.4. The Bertz CT molecular complexity index is 1130. The fourth-order valence-corrected chi connectivity index (χ4v) is 5.04. The molecule has 0 aliphatic carbocycles. The summed E-state index contributed by atoms with van der Waals surface area (Å²) in [5.74, 6) is 0.0435. The number of aromatic nitrogens is 1. The molecule has 2 N–H and O–H groups in total. The molecule has 31 heavy (non-hydrogen) atoms. The first-order valence-electron chi connectivity index (χ1n) is 10.2. The summed E-state index contributed by atoms with van der Waals surface area (Å²) in [4.78, 5) is 21.6. The van der Waals surface area contributed by atoms with Gasteiger partial charge in [0.05, 0.1) is 24.8 Å². The molecule has 3 aliphatic rings. The van der Waals surface area contributed by atoms with Crippen molar-refractivity contribution in [2.75, 3.05) is 19.8 Å². The number of hydrogen-bond donors (Lipinski definition) is 1. The second kappa shape index (κ2) is 6.50. The van der Waals surface area contributed by atoms with Gasteiger partial charge in [0.25, 0.3) is 6.02 Å². The zero-order valence-corrected chi connectivity index (χ0v) is 17.7. The molecule has 1 aromatic carbocycles. The van der Waals surface area contributed by atoms with Crippen LogP contribution in [0.2, 0.25) is 0 Å². The van der Waals surface area contributed by atoms with Gasteiger partial charge in [0.2, 0.25) is 0 Å². The molecule has 162 valence electrons. The number of ketones is 1. The quantitative estimate of drug-likeness (QED) is 0.760. The number of rotatable bonds is 3. The lowest BCUT2D eigenvalue weighted by Gasteiger charge is -2.61. The van der Waals surface area contributed by atoms with E-state index in [0.29, 0.717) is 24.5 Å². The summed E-state index contributed by atoms with van der Waals surface area (Å²) in [5.41, 5.74) is 6.62. The number of benzene rings is 1. The monoisotopic (exact) mass is 425 g/mol. The van der Waals surface area contributed by atoms with E-state index in [9.17, 15) is 9.18 Å². The third-order valence-electron chi connectivity index (χ3n) is 6.90. The van der Waals surface area contributed by atoms with E-state index in [0.717, 1.165) is 17.3 Å². The Hall–Kier alpha value is -3.00. The summed E-state index contributed by atoms with van der Waals surface area (Å²) >= 11 is 0. The number of carbonyl (C=O) groups is 1. The molecule has 4 heterocycles. The number of halogens is 1. The van der Waals surface area contributed by atoms with Crippen LogP contribution in [0, 0.1) is 18.2 Å². The number of amidine groups is 1. The van der Waals surface area contributed by atoms with Crippen molar-refractivity contribution in [3.63, 3.8) is 0 Å². The SMILES string of the molecule is Cc1cc(F)cnc1C(=O)Cc1ccc2c(c1)C1(COC(N)=N1)C1(COC1)C(C)(C)O2. The fraction of sp³-hybridized carbons (Fsp3) is 0.435. The van der Waals surface area contributed by atoms with Gasteiger partial charge in [0.1, 0.15) is 35.0 Å². The fourth-order valence-electron chi connectivity index (χ4n) is 5.04. The highest BCUT2D eigenvalue weighted by Crippen LogP contribution is 2.62. The number of nitrogens with zero attached hydrogens (tertiary/aromatic N) is 2. The van der Waals surface area contributed by atoms with Gasteiger partial charge >= 0.3 is 0 Å². The summed E-state index contributed by atoms with van der Waals surface area (Å²) < 4.78 is 31.0. The van der Waals surface area contributed by atoms with Gasteiger partial charge in [0.15, 0.2) is 5.78 Å². The number of carbonyl (C=O) groups excluding carboxylic acids is 1. The second-order valence-electron chi connectivity index (χ2n) is 9.04. The molecule has 1 aromatic heterocycles. The summed E-state index contributed by atoms with van der Waals surface area (Å²) in [6.07, 6.45) is 1.18. The lowest BCUT2D eigenvalue weighted by atomic mass is 9.55. The summed E-state index contributed by atoms with van der Waals surface area (Å²) in [5, 5.41) is 0. The molecule has 5 rings (SSSR count). The van der Waals surface area contributed by atoms with Crippen molar-refractivity contribution in [1.82, 2.24) is 4.98 Å². The van der Waals surface area contributed by atoms with Gasteiger partial charge in [-0.25, -0.2) is 14.4 Å². The van der Waals surface area contributed by atoms with Crippen LogP contribution in [0.3, 0.4) is 0 Å². The van der Waals surface area contributed by atoms with Crippen molar-refractivity contribution < 1.29 is 23.4 Å². The van der Waals surface area contributed by atoms with E-state index in [1.165, 1.54) is 6.07 Å². The van der Waals surface area contributed by atoms with Crippen LogP contribution in [0.1, 0.15) is 41.0 Å². The van der Waals surface area contributed by atoms with Crippen molar-refractivity contribution in [2.24, 2.45) is 16.1 Å². The first-order chi connectivity index (χ1) is 14.7. The van der Waals surface area contributed by atoms with Gasteiger partial charge in [0, 0.05) is 12.0 Å². The highest BCUT2D eigenvalue weighted by Gasteiger charge is 2.71. The highest BCUT2D eigenvalue weighted by molar-refractivity contribution is 5.97. The topological polar surface area (TPSA) is 96.0 Å². The third-order valence-corrected chi connectivity index (χ3v) is 6.90. The molecule has 8 heteroatoms. The van der Waals surface area contributed by atoms with Crippen LogP contribution in [-0.2, 0) is 21.4 Å². The molecule has 7 nitrogen and oxygen atoms in total. The maximum absolute atomic E-state index is 13.4. The maximum Gasteiger partial charge on any atom is 0.283 e. The minimum absolute atomic E-state index is 0.121. The van der Waals surface area contributed by atoms with Gasteiger partial charge in [-0.1, -0.05) is 6.07 Å². The first kappa shape index (κ1) is 19.9. The molecule has 1 saturated heterocycles. The van der Waals surface area contributed by atoms with Crippen molar-refractivity contribution >= 4 is 11.8 Å². The van der Waals surface area contributed by atoms with Gasteiger partial charge in [-0.15, -0.1) is 0 Å². The Morgan fingerprint density at radius 3 is 2.61 bits per heavy atom. The smallest absolute Gasteiger partial charge is 0.283 e. The number of Topliss-reactive ketones (excluding diaryl/α,β-unsaturated/α-hetero) is 1. The molecule has 2 aromatic rings. The number of hydrogen-bond acceptors (Lipinski definition) is 7. The molecule has 3 aliphatic heterocycles. The average Bonchev–Trinajstić information content (AvgIpc) is 3.03. The van der Waals surface area contributed by atoms with Crippen LogP contribution >= 0.6 is 0 Å². The van der Waals surface area contributed by atoms with Crippen molar-refractivity contribution in [3.05, 3.63) is 58.7 Å². The Balaban J connectivity index is 1.56. The lowest BCUT2D eigenvalue weighted by molar-refractivity contribution is -0.247. The first-order valence-corrected chi connectivity index (χ1v) is 10.2. The average molecular weight is 425 g/mol. The van der Waals surface area contributed by atoms with Crippen molar-refractivity contribution in [2.45, 2.75) is 38.3 Å². The largest absolute Gasteiger partial charge is 0.487 e. The Morgan fingerprint density at radius 1 is 1.23 bits per heavy atom. The zero-order valence-electron chi connectivity index (χ0n) is 17.7. The normalized spacial score (nSPS) is 24.7. The van der Waals surface area contributed by atoms with E-state index in [1.54, 1.807) is 6.92 Å². The molecule has 0 bridgehead atoms. The molecule has 1 unspecified atom stereocenters. The molecule has 1 fully saturated rings. The minimum atomic E-state index is -0.754.